The minimum absolute atomic E-state index is 0.505. The van der Waals surface area contributed by atoms with E-state index in [4.69, 9.17) is 5.73 Å². The summed E-state index contributed by atoms with van der Waals surface area (Å²) in [5.74, 6) is 0.505. The Balaban J connectivity index is 1.89. The molecule has 6 heteroatoms. The molecule has 6 nitrogen and oxygen atoms in total. The van der Waals surface area contributed by atoms with Gasteiger partial charge in [-0.15, -0.1) is 0 Å². The summed E-state index contributed by atoms with van der Waals surface area (Å²) in [6.07, 6.45) is -0.177. The van der Waals surface area contributed by atoms with Crippen LogP contribution in [0.5, 0.6) is 0 Å². The Labute approximate surface area is 132 Å². The number of carbonyl (C=O) groups is 1. The highest BCUT2D eigenvalue weighted by Crippen LogP contribution is 2.36. The van der Waals surface area contributed by atoms with Gasteiger partial charge >= 0.3 is 6.09 Å². The normalized spacial score (nSPS) is 13.5. The molecule has 4 rings (SSSR count). The Kier molecular flexibility index (Phi) is 2.81. The van der Waals surface area contributed by atoms with E-state index in [2.05, 4.69) is 11.2 Å². The first-order valence-corrected chi connectivity index (χ1v) is 7.41. The largest absolute Gasteiger partial charge is 0.465 e. The standard InChI is InChI=1S/C17H16N4O2/c1-20-14-4-2-3-12(15(14)16(18)19-20)10-5-6-13-11(9-10)7-8-21(13)17(22)23/h2-6,9H,7-8H2,1H3,(H2,18,19)(H,22,23). The summed E-state index contributed by atoms with van der Waals surface area (Å²) < 4.78 is 1.77. The van der Waals surface area contributed by atoms with Crippen molar-refractivity contribution >= 4 is 28.5 Å². The van der Waals surface area contributed by atoms with Gasteiger partial charge in [-0.1, -0.05) is 18.2 Å². The third kappa shape index (κ3) is 1.95. The predicted octanol–water partition coefficient (Wildman–Crippen LogP) is 2.86. The van der Waals surface area contributed by atoms with Gasteiger partial charge in [-0.05, 0) is 41.3 Å². The van der Waals surface area contributed by atoms with E-state index in [9.17, 15) is 9.90 Å². The Morgan fingerprint density at radius 3 is 2.91 bits per heavy atom. The quantitative estimate of drug-likeness (QED) is 0.724. The first kappa shape index (κ1) is 13.6. The van der Waals surface area contributed by atoms with Crippen LogP contribution in [0.1, 0.15) is 5.56 Å². The van der Waals surface area contributed by atoms with Gasteiger partial charge in [-0.2, -0.15) is 5.10 Å². The SMILES string of the molecule is Cn1nc(N)c2c(-c3ccc4c(c3)CCN4C(=O)O)cccc21. The molecule has 0 saturated carbocycles. The maximum Gasteiger partial charge on any atom is 0.411 e. The molecular formula is C17H16N4O2. The molecule has 0 fully saturated rings. The second-order valence-corrected chi connectivity index (χ2v) is 5.74. The average Bonchev–Trinajstić information content (AvgIpc) is 3.08. The molecule has 0 atom stereocenters. The number of fused-ring (bicyclic) bond motifs is 2. The number of aryl methyl sites for hydroxylation is 1. The third-order valence-electron chi connectivity index (χ3n) is 4.42. The van der Waals surface area contributed by atoms with Crippen LogP contribution in [-0.4, -0.2) is 27.5 Å². The number of amides is 1. The summed E-state index contributed by atoms with van der Waals surface area (Å²) in [6.45, 7) is 0.507. The van der Waals surface area contributed by atoms with E-state index < -0.39 is 6.09 Å². The van der Waals surface area contributed by atoms with E-state index in [-0.39, 0.29) is 0 Å². The number of hydrogen-bond acceptors (Lipinski definition) is 3. The number of anilines is 2. The van der Waals surface area contributed by atoms with Gasteiger partial charge < -0.3 is 10.8 Å². The molecular weight excluding hydrogens is 292 g/mol. The molecule has 116 valence electrons. The Bertz CT molecular complexity index is 945. The molecule has 1 amide bonds. The third-order valence-corrected chi connectivity index (χ3v) is 4.42. The average molecular weight is 308 g/mol. The van der Waals surface area contributed by atoms with Gasteiger partial charge in [0.05, 0.1) is 16.6 Å². The van der Waals surface area contributed by atoms with Gasteiger partial charge in [-0.25, -0.2) is 4.79 Å². The van der Waals surface area contributed by atoms with Crippen molar-refractivity contribution in [2.75, 3.05) is 17.2 Å². The lowest BCUT2D eigenvalue weighted by molar-refractivity contribution is 0.202. The maximum atomic E-state index is 11.2. The number of rotatable bonds is 1. The van der Waals surface area contributed by atoms with Crippen molar-refractivity contribution < 1.29 is 9.90 Å². The molecule has 1 aliphatic heterocycles. The monoisotopic (exact) mass is 308 g/mol. The maximum absolute atomic E-state index is 11.2. The molecule has 23 heavy (non-hydrogen) atoms. The molecule has 3 N–H and O–H groups in total. The van der Waals surface area contributed by atoms with Crippen LogP contribution in [0.3, 0.4) is 0 Å². The van der Waals surface area contributed by atoms with E-state index in [1.54, 1.807) is 4.68 Å². The molecule has 3 aromatic rings. The second kappa shape index (κ2) is 4.74. The zero-order chi connectivity index (χ0) is 16.1. The van der Waals surface area contributed by atoms with Crippen molar-refractivity contribution in [3.8, 4) is 11.1 Å². The number of hydrogen-bond donors (Lipinski definition) is 2. The fraction of sp³-hybridized carbons (Fsp3) is 0.176. The number of aromatic nitrogens is 2. The molecule has 1 aliphatic rings. The first-order chi connectivity index (χ1) is 11.1. The number of nitrogens with two attached hydrogens (primary N) is 1. The van der Waals surface area contributed by atoms with Gasteiger partial charge in [0.25, 0.3) is 0 Å². The van der Waals surface area contributed by atoms with E-state index in [0.717, 1.165) is 39.7 Å². The van der Waals surface area contributed by atoms with Crippen LogP contribution in [0, 0.1) is 0 Å². The summed E-state index contributed by atoms with van der Waals surface area (Å²) in [4.78, 5) is 12.6. The molecule has 0 radical (unpaired) electrons. The lowest BCUT2D eigenvalue weighted by Crippen LogP contribution is -2.26. The highest BCUT2D eigenvalue weighted by Gasteiger charge is 2.24. The van der Waals surface area contributed by atoms with Crippen molar-refractivity contribution in [2.24, 2.45) is 7.05 Å². The molecule has 2 aromatic carbocycles. The zero-order valence-corrected chi connectivity index (χ0v) is 12.7. The summed E-state index contributed by atoms with van der Waals surface area (Å²) in [6, 6.07) is 11.9. The molecule has 0 aliphatic carbocycles. The minimum Gasteiger partial charge on any atom is -0.465 e. The van der Waals surface area contributed by atoms with Crippen LogP contribution >= 0.6 is 0 Å². The van der Waals surface area contributed by atoms with Crippen LogP contribution in [0.15, 0.2) is 36.4 Å². The van der Waals surface area contributed by atoms with Crippen LogP contribution in [0.2, 0.25) is 0 Å². The van der Waals surface area contributed by atoms with Crippen molar-refractivity contribution in [1.29, 1.82) is 0 Å². The smallest absolute Gasteiger partial charge is 0.411 e. The minimum atomic E-state index is -0.907. The summed E-state index contributed by atoms with van der Waals surface area (Å²) in [7, 11) is 1.87. The highest BCUT2D eigenvalue weighted by atomic mass is 16.4. The number of carboxylic acid groups (broad SMARTS) is 1. The molecule has 0 saturated heterocycles. The van der Waals surface area contributed by atoms with E-state index >= 15 is 0 Å². The van der Waals surface area contributed by atoms with Crippen molar-refractivity contribution in [3.05, 3.63) is 42.0 Å². The lowest BCUT2D eigenvalue weighted by Gasteiger charge is -2.13. The number of nitrogens with zero attached hydrogens (tertiary/aromatic N) is 3. The lowest BCUT2D eigenvalue weighted by atomic mass is 9.98. The Morgan fingerprint density at radius 1 is 1.30 bits per heavy atom. The molecule has 0 bridgehead atoms. The van der Waals surface area contributed by atoms with Crippen LogP contribution in [0.25, 0.3) is 22.0 Å². The molecule has 1 aromatic heterocycles. The van der Waals surface area contributed by atoms with Crippen LogP contribution in [0.4, 0.5) is 16.3 Å². The molecule has 2 heterocycles. The Hall–Kier alpha value is -3.02. The molecule has 0 spiro atoms. The summed E-state index contributed by atoms with van der Waals surface area (Å²) in [5.41, 5.74) is 10.9. The van der Waals surface area contributed by atoms with Gasteiger partial charge in [0.2, 0.25) is 0 Å². The zero-order valence-electron chi connectivity index (χ0n) is 12.7. The Morgan fingerprint density at radius 2 is 2.13 bits per heavy atom. The van der Waals surface area contributed by atoms with Crippen LogP contribution in [-0.2, 0) is 13.5 Å². The number of benzene rings is 2. The van der Waals surface area contributed by atoms with Crippen LogP contribution < -0.4 is 10.6 Å². The van der Waals surface area contributed by atoms with E-state index in [1.807, 2.05) is 37.4 Å². The van der Waals surface area contributed by atoms with Crippen molar-refractivity contribution in [1.82, 2.24) is 9.78 Å². The van der Waals surface area contributed by atoms with Gasteiger partial charge in [0, 0.05) is 13.6 Å². The van der Waals surface area contributed by atoms with Gasteiger partial charge in [-0.3, -0.25) is 9.58 Å². The summed E-state index contributed by atoms with van der Waals surface area (Å²) in [5, 5.41) is 14.5. The van der Waals surface area contributed by atoms with Gasteiger partial charge in [0.15, 0.2) is 5.82 Å². The molecule has 0 unspecified atom stereocenters. The predicted molar refractivity (Wildman–Crippen MR) is 89.6 cm³/mol. The summed E-state index contributed by atoms with van der Waals surface area (Å²) >= 11 is 0. The first-order valence-electron chi connectivity index (χ1n) is 7.41. The van der Waals surface area contributed by atoms with Gasteiger partial charge in [0.1, 0.15) is 0 Å². The van der Waals surface area contributed by atoms with Crippen molar-refractivity contribution in [3.63, 3.8) is 0 Å². The fourth-order valence-corrected chi connectivity index (χ4v) is 3.35. The fourth-order valence-electron chi connectivity index (χ4n) is 3.35. The second-order valence-electron chi connectivity index (χ2n) is 5.74. The van der Waals surface area contributed by atoms with Crippen molar-refractivity contribution in [2.45, 2.75) is 6.42 Å². The number of nitrogen functional groups attached to an aromatic ring is 1. The highest BCUT2D eigenvalue weighted by molar-refractivity contribution is 6.02. The topological polar surface area (TPSA) is 84.4 Å². The van der Waals surface area contributed by atoms with E-state index in [0.29, 0.717) is 12.4 Å². The van der Waals surface area contributed by atoms with E-state index in [1.165, 1.54) is 4.90 Å².